The van der Waals surface area contributed by atoms with E-state index in [1.807, 2.05) is 0 Å². The van der Waals surface area contributed by atoms with Gasteiger partial charge in [-0.15, -0.1) is 0 Å². The Kier molecular flexibility index (Phi) is 9.53. The molecule has 4 aliphatic carbocycles. The van der Waals surface area contributed by atoms with Crippen LogP contribution >= 0.6 is 0 Å². The van der Waals surface area contributed by atoms with Crippen LogP contribution in [0, 0.1) is 39.9 Å². The Bertz CT molecular complexity index is 1070. The van der Waals surface area contributed by atoms with Gasteiger partial charge in [0.15, 0.2) is 0 Å². The third-order valence-corrected chi connectivity index (χ3v) is 12.3. The zero-order valence-corrected chi connectivity index (χ0v) is 26.8. The number of fused-ring (bicyclic) bond motifs is 5. The predicted molar refractivity (Wildman–Crippen MR) is 162 cm³/mol. The van der Waals surface area contributed by atoms with Crippen molar-refractivity contribution in [3.05, 3.63) is 22.8 Å². The lowest BCUT2D eigenvalue weighted by molar-refractivity contribution is -0.227. The van der Waals surface area contributed by atoms with Crippen LogP contribution in [0.15, 0.2) is 22.8 Å². The Hall–Kier alpha value is -1.70. The second kappa shape index (κ2) is 12.1. The average molecular weight is 573 g/mol. The number of methoxy groups -OCH3 is 1. The third-order valence-electron chi connectivity index (χ3n) is 12.3. The van der Waals surface area contributed by atoms with E-state index < -0.39 is 12.2 Å². The minimum atomic E-state index is -0.491. The van der Waals surface area contributed by atoms with Gasteiger partial charge < -0.3 is 25.6 Å². The van der Waals surface area contributed by atoms with E-state index in [0.717, 1.165) is 37.8 Å². The summed E-state index contributed by atoms with van der Waals surface area (Å²) in [7, 11) is 1.42. The topological polar surface area (TPSA) is 111 Å². The molecule has 0 heterocycles. The summed E-state index contributed by atoms with van der Waals surface area (Å²) >= 11 is 0. The molecule has 0 radical (unpaired) electrons. The van der Waals surface area contributed by atoms with Crippen LogP contribution in [-0.4, -0.2) is 55.5 Å². The quantitative estimate of drug-likeness (QED) is 0.205. The van der Waals surface area contributed by atoms with Crippen LogP contribution in [0.3, 0.4) is 0 Å². The lowest BCUT2D eigenvalue weighted by Crippen LogP contribution is -2.66. The first-order chi connectivity index (χ1) is 19.2. The Morgan fingerprint density at radius 1 is 1.12 bits per heavy atom. The lowest BCUT2D eigenvalue weighted by Gasteiger charge is -2.69. The molecular weight excluding hydrogens is 516 g/mol. The molecule has 4 saturated carbocycles. The van der Waals surface area contributed by atoms with Crippen LogP contribution in [-0.2, 0) is 19.1 Å². The highest BCUT2D eigenvalue weighted by Gasteiger charge is 2.70. The predicted octanol–water partition coefficient (Wildman–Crippen LogP) is 5.31. The molecular formula is C34H56N2O5. The van der Waals surface area contributed by atoms with E-state index in [0.29, 0.717) is 55.7 Å². The van der Waals surface area contributed by atoms with Crippen LogP contribution in [0.5, 0.6) is 0 Å². The van der Waals surface area contributed by atoms with Crippen molar-refractivity contribution in [2.45, 2.75) is 118 Å². The van der Waals surface area contributed by atoms with Crippen LogP contribution in [0.4, 0.5) is 0 Å². The van der Waals surface area contributed by atoms with E-state index in [2.05, 4.69) is 52.9 Å². The first kappa shape index (κ1) is 32.2. The molecule has 0 unspecified atom stereocenters. The number of carbonyl (C=O) groups excluding carboxylic acids is 2. The second-order valence-corrected chi connectivity index (χ2v) is 14.6. The molecule has 0 aliphatic heterocycles. The smallest absolute Gasteiger partial charge is 0.333 e. The summed E-state index contributed by atoms with van der Waals surface area (Å²) in [5.41, 5.74) is 8.15. The van der Waals surface area contributed by atoms with Gasteiger partial charge in [-0.3, -0.25) is 4.79 Å². The maximum atomic E-state index is 13.3. The summed E-state index contributed by atoms with van der Waals surface area (Å²) in [4.78, 5) is 25.7. The highest BCUT2D eigenvalue weighted by atomic mass is 16.5. The van der Waals surface area contributed by atoms with E-state index in [1.165, 1.54) is 19.6 Å². The lowest BCUT2D eigenvalue weighted by atomic mass is 9.36. The van der Waals surface area contributed by atoms with E-state index in [4.69, 9.17) is 15.2 Å². The van der Waals surface area contributed by atoms with Gasteiger partial charge in [0, 0.05) is 31.6 Å². The summed E-state index contributed by atoms with van der Waals surface area (Å²) in [6, 6.07) is 0.461. The molecule has 4 aliphatic rings. The first-order valence-corrected chi connectivity index (χ1v) is 16.0. The third kappa shape index (κ3) is 5.44. The van der Waals surface area contributed by atoms with Gasteiger partial charge in [-0.1, -0.05) is 39.3 Å². The molecule has 4 N–H and O–H groups in total. The average Bonchev–Trinajstić information content (AvgIpc) is 3.16. The molecule has 232 valence electrons. The fraction of sp³-hybridized carbons (Fsp3) is 0.824. The van der Waals surface area contributed by atoms with E-state index in [9.17, 15) is 14.7 Å². The van der Waals surface area contributed by atoms with Crippen molar-refractivity contribution in [3.63, 3.8) is 0 Å². The van der Waals surface area contributed by atoms with Crippen molar-refractivity contribution in [2.75, 3.05) is 20.2 Å². The van der Waals surface area contributed by atoms with Crippen molar-refractivity contribution in [3.8, 4) is 0 Å². The van der Waals surface area contributed by atoms with E-state index >= 15 is 0 Å². The maximum absolute atomic E-state index is 13.3. The highest BCUT2D eigenvalue weighted by molar-refractivity contribution is 5.90. The molecule has 41 heavy (non-hydrogen) atoms. The Morgan fingerprint density at radius 3 is 2.44 bits per heavy atom. The Balaban J connectivity index is 1.78. The van der Waals surface area contributed by atoms with Gasteiger partial charge in [0.2, 0.25) is 0 Å². The fourth-order valence-electron chi connectivity index (χ4n) is 10.5. The van der Waals surface area contributed by atoms with Crippen LogP contribution in [0.25, 0.3) is 0 Å². The van der Waals surface area contributed by atoms with E-state index in [1.54, 1.807) is 0 Å². The summed E-state index contributed by atoms with van der Waals surface area (Å²) in [5, 5.41) is 15.9. The van der Waals surface area contributed by atoms with Crippen molar-refractivity contribution in [2.24, 2.45) is 45.7 Å². The summed E-state index contributed by atoms with van der Waals surface area (Å²) in [5.74, 6) is 0.434. The number of hydrogen-bond acceptors (Lipinski definition) is 7. The SMILES string of the molecule is COC(=O)/C(CCC=C(C)C)=C1\[C@@H](OC(C)=O)C[C@@]2(C)[C@H]1C[C@@H](O)[C@H]1[C@@]3(C)CC[C@H](NCCN)[C@@H](C)[C@@H]3CC[C@@]12C. The molecule has 0 amide bonds. The number of esters is 2. The van der Waals surface area contributed by atoms with Crippen LogP contribution < -0.4 is 11.1 Å². The molecule has 0 aromatic carbocycles. The van der Waals surface area contributed by atoms with E-state index in [-0.39, 0.29) is 40.0 Å². The number of aliphatic hydroxyl groups excluding tert-OH is 1. The molecule has 0 bridgehead atoms. The van der Waals surface area contributed by atoms with Gasteiger partial charge in [0.25, 0.3) is 0 Å². The number of aliphatic hydroxyl groups is 1. The van der Waals surface area contributed by atoms with Crippen LogP contribution in [0.2, 0.25) is 0 Å². The largest absolute Gasteiger partial charge is 0.466 e. The molecule has 10 atom stereocenters. The number of nitrogens with two attached hydrogens (primary N) is 1. The second-order valence-electron chi connectivity index (χ2n) is 14.6. The first-order valence-electron chi connectivity index (χ1n) is 16.0. The zero-order valence-electron chi connectivity index (χ0n) is 26.8. The normalized spacial score (nSPS) is 42.8. The number of allylic oxidation sites excluding steroid dienone is 2. The minimum Gasteiger partial charge on any atom is -0.466 e. The Labute approximate surface area is 248 Å². The number of nitrogens with one attached hydrogen (secondary N) is 1. The summed E-state index contributed by atoms with van der Waals surface area (Å²) in [6.45, 7) is 16.6. The summed E-state index contributed by atoms with van der Waals surface area (Å²) < 4.78 is 11.3. The Morgan fingerprint density at radius 2 is 1.83 bits per heavy atom. The number of carbonyl (C=O) groups is 2. The minimum absolute atomic E-state index is 0.0126. The molecule has 7 heteroatoms. The molecule has 0 aromatic heterocycles. The number of rotatable bonds is 8. The molecule has 4 fully saturated rings. The van der Waals surface area contributed by atoms with Crippen molar-refractivity contribution < 1.29 is 24.2 Å². The molecule has 7 nitrogen and oxygen atoms in total. The van der Waals surface area contributed by atoms with Gasteiger partial charge in [-0.25, -0.2) is 4.79 Å². The number of hydrogen-bond donors (Lipinski definition) is 3. The van der Waals surface area contributed by atoms with Gasteiger partial charge in [-0.2, -0.15) is 0 Å². The van der Waals surface area contributed by atoms with Gasteiger partial charge in [0.1, 0.15) is 6.10 Å². The van der Waals surface area contributed by atoms with Crippen molar-refractivity contribution in [1.82, 2.24) is 5.32 Å². The van der Waals surface area contributed by atoms with Gasteiger partial charge >= 0.3 is 11.9 Å². The van der Waals surface area contributed by atoms with Gasteiger partial charge in [0.05, 0.1) is 13.2 Å². The summed E-state index contributed by atoms with van der Waals surface area (Å²) in [6.07, 6.45) is 7.96. The zero-order chi connectivity index (χ0) is 30.3. The molecule has 0 aromatic rings. The van der Waals surface area contributed by atoms with Crippen molar-refractivity contribution >= 4 is 11.9 Å². The number of ether oxygens (including phenoxy) is 2. The monoisotopic (exact) mass is 572 g/mol. The van der Waals surface area contributed by atoms with Gasteiger partial charge in [-0.05, 0) is 111 Å². The van der Waals surface area contributed by atoms with Crippen molar-refractivity contribution in [1.29, 1.82) is 0 Å². The highest BCUT2D eigenvalue weighted by Crippen LogP contribution is 2.74. The molecule has 4 rings (SSSR count). The van der Waals surface area contributed by atoms with Crippen LogP contribution in [0.1, 0.15) is 99.8 Å². The standard InChI is InChI=1S/C34H56N2O5/c1-20(2)10-9-11-23(31(39)40-8)29-25-18-27(38)30-32(5)14-13-26(36-17-16-35)21(3)24(32)12-15-33(30,6)34(25,7)19-28(29)41-22(4)37/h10,21,24-28,30,36,38H,9,11-19,35H2,1-8H3/b29-23-/t21-,24-,25-,26-,27+,28-,30-,32-,33-,34-/m0/s1. The molecule has 0 saturated heterocycles. The molecule has 0 spiro atoms. The maximum Gasteiger partial charge on any atom is 0.333 e. The fourth-order valence-corrected chi connectivity index (χ4v) is 10.5.